The zero-order valence-corrected chi connectivity index (χ0v) is 10.3. The van der Waals surface area contributed by atoms with E-state index in [-0.39, 0.29) is 0 Å². The van der Waals surface area contributed by atoms with Gasteiger partial charge in [-0.2, -0.15) is 0 Å². The highest BCUT2D eigenvalue weighted by atomic mass is 16.5. The molecule has 0 N–H and O–H groups in total. The molecule has 18 heavy (non-hydrogen) atoms. The molecule has 0 saturated heterocycles. The molecule has 2 rings (SSSR count). The summed E-state index contributed by atoms with van der Waals surface area (Å²) in [5.74, 6) is 0.998. The van der Waals surface area contributed by atoms with Gasteiger partial charge in [0.15, 0.2) is 17.8 Å². The molecule has 5 nitrogen and oxygen atoms in total. The standard InChI is InChI=1S/C13H14N2O3/c1-15-9-14-6-11(15)8-18-13-10(7-16)4-3-5-12(13)17-2/h3-7,9H,8H2,1-2H3. The van der Waals surface area contributed by atoms with Crippen molar-refractivity contribution in [3.8, 4) is 11.5 Å². The number of hydrogen-bond acceptors (Lipinski definition) is 4. The summed E-state index contributed by atoms with van der Waals surface area (Å²) in [6.07, 6.45) is 4.17. The number of benzene rings is 1. The Morgan fingerprint density at radius 2 is 2.28 bits per heavy atom. The van der Waals surface area contributed by atoms with E-state index in [9.17, 15) is 4.79 Å². The summed E-state index contributed by atoms with van der Waals surface area (Å²) in [6, 6.07) is 5.19. The Balaban J connectivity index is 2.22. The first-order valence-electron chi connectivity index (χ1n) is 5.46. The van der Waals surface area contributed by atoms with Crippen LogP contribution in [0, 0.1) is 0 Å². The van der Waals surface area contributed by atoms with Gasteiger partial charge in [0.25, 0.3) is 0 Å². The minimum atomic E-state index is 0.331. The average molecular weight is 246 g/mol. The summed E-state index contributed by atoms with van der Waals surface area (Å²) in [6.45, 7) is 0.331. The molecule has 2 aromatic rings. The molecular weight excluding hydrogens is 232 g/mol. The summed E-state index contributed by atoms with van der Waals surface area (Å²) in [5.41, 5.74) is 1.38. The van der Waals surface area contributed by atoms with E-state index in [0.717, 1.165) is 12.0 Å². The summed E-state index contributed by atoms with van der Waals surface area (Å²) in [5, 5.41) is 0. The molecule has 0 atom stereocenters. The van der Waals surface area contributed by atoms with E-state index in [1.54, 1.807) is 37.8 Å². The van der Waals surface area contributed by atoms with Crippen molar-refractivity contribution in [2.75, 3.05) is 7.11 Å². The number of methoxy groups -OCH3 is 1. The van der Waals surface area contributed by atoms with Gasteiger partial charge in [0.2, 0.25) is 0 Å². The van der Waals surface area contributed by atoms with E-state index >= 15 is 0 Å². The number of aryl methyl sites for hydroxylation is 1. The Kier molecular flexibility index (Phi) is 3.62. The van der Waals surface area contributed by atoms with Crippen LogP contribution in [-0.2, 0) is 13.7 Å². The first-order chi connectivity index (χ1) is 8.76. The van der Waals surface area contributed by atoms with Crippen molar-refractivity contribution >= 4 is 6.29 Å². The molecule has 0 radical (unpaired) electrons. The van der Waals surface area contributed by atoms with E-state index in [2.05, 4.69) is 4.98 Å². The Hall–Kier alpha value is -2.30. The van der Waals surface area contributed by atoms with E-state index in [0.29, 0.717) is 23.7 Å². The number of aromatic nitrogens is 2. The topological polar surface area (TPSA) is 53.4 Å². The summed E-state index contributed by atoms with van der Waals surface area (Å²) < 4.78 is 12.7. The van der Waals surface area contributed by atoms with Crippen LogP contribution in [0.2, 0.25) is 0 Å². The van der Waals surface area contributed by atoms with Gasteiger partial charge < -0.3 is 14.0 Å². The number of hydrogen-bond donors (Lipinski definition) is 0. The second-order valence-corrected chi connectivity index (χ2v) is 3.78. The largest absolute Gasteiger partial charge is 0.493 e. The maximum Gasteiger partial charge on any atom is 0.172 e. The van der Waals surface area contributed by atoms with Gasteiger partial charge in [-0.1, -0.05) is 6.07 Å². The molecule has 0 bridgehead atoms. The molecule has 5 heteroatoms. The highest BCUT2D eigenvalue weighted by Gasteiger charge is 2.10. The van der Waals surface area contributed by atoms with Crippen LogP contribution >= 0.6 is 0 Å². The van der Waals surface area contributed by atoms with Crippen molar-refractivity contribution in [1.82, 2.24) is 9.55 Å². The summed E-state index contributed by atoms with van der Waals surface area (Å²) in [4.78, 5) is 15.0. The number of ether oxygens (including phenoxy) is 2. The third kappa shape index (κ3) is 2.34. The molecule has 0 aliphatic heterocycles. The molecule has 0 aliphatic rings. The van der Waals surface area contributed by atoms with Gasteiger partial charge in [-0.25, -0.2) is 4.98 Å². The zero-order chi connectivity index (χ0) is 13.0. The number of rotatable bonds is 5. The lowest BCUT2D eigenvalue weighted by Crippen LogP contribution is -2.04. The second-order valence-electron chi connectivity index (χ2n) is 3.78. The van der Waals surface area contributed by atoms with Crippen LogP contribution in [0.25, 0.3) is 0 Å². The monoisotopic (exact) mass is 246 g/mol. The molecule has 0 amide bonds. The minimum Gasteiger partial charge on any atom is -0.493 e. The van der Waals surface area contributed by atoms with E-state index in [4.69, 9.17) is 9.47 Å². The van der Waals surface area contributed by atoms with Crippen LogP contribution in [0.1, 0.15) is 16.1 Å². The van der Waals surface area contributed by atoms with Gasteiger partial charge in [0.05, 0.1) is 30.9 Å². The third-order valence-corrected chi connectivity index (χ3v) is 2.64. The Morgan fingerprint density at radius 3 is 2.89 bits per heavy atom. The number of imidazole rings is 1. The SMILES string of the molecule is COc1cccc(C=O)c1OCc1cncn1C. The van der Waals surface area contributed by atoms with Gasteiger partial charge in [-0.3, -0.25) is 4.79 Å². The Morgan fingerprint density at radius 1 is 1.44 bits per heavy atom. The number of nitrogens with zero attached hydrogens (tertiary/aromatic N) is 2. The fourth-order valence-corrected chi connectivity index (χ4v) is 1.61. The first kappa shape index (κ1) is 12.2. The van der Waals surface area contributed by atoms with E-state index in [1.165, 1.54) is 0 Å². The van der Waals surface area contributed by atoms with Crippen molar-refractivity contribution in [2.45, 2.75) is 6.61 Å². The Labute approximate surface area is 105 Å². The Bertz CT molecular complexity index is 549. The average Bonchev–Trinajstić information content (AvgIpc) is 2.81. The van der Waals surface area contributed by atoms with Gasteiger partial charge in [-0.05, 0) is 12.1 Å². The van der Waals surface area contributed by atoms with Crippen molar-refractivity contribution in [3.63, 3.8) is 0 Å². The lowest BCUT2D eigenvalue weighted by atomic mass is 10.2. The number of carbonyl (C=O) groups is 1. The van der Waals surface area contributed by atoms with Crippen LogP contribution in [0.5, 0.6) is 11.5 Å². The zero-order valence-electron chi connectivity index (χ0n) is 10.3. The molecule has 1 aromatic carbocycles. The van der Waals surface area contributed by atoms with Gasteiger partial charge in [0, 0.05) is 7.05 Å². The molecule has 0 spiro atoms. The lowest BCUT2D eigenvalue weighted by Gasteiger charge is -2.12. The highest BCUT2D eigenvalue weighted by molar-refractivity contribution is 5.81. The van der Waals surface area contributed by atoms with Crippen molar-refractivity contribution in [2.24, 2.45) is 7.05 Å². The number of carbonyl (C=O) groups excluding carboxylic acids is 1. The fraction of sp³-hybridized carbons (Fsp3) is 0.231. The van der Waals surface area contributed by atoms with Crippen LogP contribution < -0.4 is 9.47 Å². The molecular formula is C13H14N2O3. The van der Waals surface area contributed by atoms with Crippen LogP contribution in [0.4, 0.5) is 0 Å². The van der Waals surface area contributed by atoms with Gasteiger partial charge in [0.1, 0.15) is 6.61 Å². The number of para-hydroxylation sites is 1. The van der Waals surface area contributed by atoms with Gasteiger partial charge >= 0.3 is 0 Å². The molecule has 0 aliphatic carbocycles. The minimum absolute atomic E-state index is 0.331. The molecule has 0 saturated carbocycles. The predicted octanol–water partition coefficient (Wildman–Crippen LogP) is 1.82. The molecule has 1 heterocycles. The molecule has 1 aromatic heterocycles. The fourth-order valence-electron chi connectivity index (χ4n) is 1.61. The molecule has 0 unspecified atom stereocenters. The normalized spacial score (nSPS) is 10.1. The maximum atomic E-state index is 11.0. The van der Waals surface area contributed by atoms with Crippen molar-refractivity contribution in [3.05, 3.63) is 42.0 Å². The van der Waals surface area contributed by atoms with E-state index in [1.807, 2.05) is 11.6 Å². The molecule has 0 fully saturated rings. The van der Waals surface area contributed by atoms with Crippen molar-refractivity contribution in [1.29, 1.82) is 0 Å². The van der Waals surface area contributed by atoms with E-state index < -0.39 is 0 Å². The quantitative estimate of drug-likeness (QED) is 0.755. The van der Waals surface area contributed by atoms with Crippen LogP contribution in [0.15, 0.2) is 30.7 Å². The highest BCUT2D eigenvalue weighted by Crippen LogP contribution is 2.30. The van der Waals surface area contributed by atoms with Crippen LogP contribution in [-0.4, -0.2) is 22.9 Å². The first-order valence-corrected chi connectivity index (χ1v) is 5.46. The third-order valence-electron chi connectivity index (χ3n) is 2.64. The number of aldehydes is 1. The summed E-state index contributed by atoms with van der Waals surface area (Å²) in [7, 11) is 3.43. The van der Waals surface area contributed by atoms with Gasteiger partial charge in [-0.15, -0.1) is 0 Å². The maximum absolute atomic E-state index is 11.0. The lowest BCUT2D eigenvalue weighted by molar-refractivity contribution is 0.111. The smallest absolute Gasteiger partial charge is 0.172 e. The second kappa shape index (κ2) is 5.35. The molecule has 94 valence electrons. The summed E-state index contributed by atoms with van der Waals surface area (Å²) >= 11 is 0. The van der Waals surface area contributed by atoms with Crippen LogP contribution in [0.3, 0.4) is 0 Å². The predicted molar refractivity (Wildman–Crippen MR) is 65.9 cm³/mol. The van der Waals surface area contributed by atoms with Crippen molar-refractivity contribution < 1.29 is 14.3 Å².